The Kier molecular flexibility index (Phi) is 3.68. The molecule has 1 N–H and O–H groups in total. The average molecular weight is 368 g/mol. The number of aliphatic hydroxyl groups excluding tert-OH is 1. The van der Waals surface area contributed by atoms with Crippen molar-refractivity contribution in [3.05, 3.63) is 53.1 Å². The second kappa shape index (κ2) is 6.21. The molecular formula is C20H16O7. The van der Waals surface area contributed by atoms with Crippen LogP contribution in [0.15, 0.2) is 42.0 Å². The molecule has 0 saturated carbocycles. The van der Waals surface area contributed by atoms with Crippen LogP contribution in [0.3, 0.4) is 0 Å². The first-order chi connectivity index (χ1) is 13.2. The predicted molar refractivity (Wildman–Crippen MR) is 92.4 cm³/mol. The van der Waals surface area contributed by atoms with Crippen molar-refractivity contribution in [3.8, 4) is 23.0 Å². The van der Waals surface area contributed by atoms with E-state index in [-0.39, 0.29) is 13.6 Å². The van der Waals surface area contributed by atoms with Crippen molar-refractivity contribution in [1.29, 1.82) is 0 Å². The van der Waals surface area contributed by atoms with Crippen LogP contribution in [-0.4, -0.2) is 31.0 Å². The lowest BCUT2D eigenvalue weighted by Gasteiger charge is -2.13. The molecule has 0 radical (unpaired) electrons. The fraction of sp³-hybridized carbons (Fsp3) is 0.250. The SMILES string of the molecule is O=C1O[C@@H](O)[C@H](Cc2ccc3c(c2)OCO3)C1=Cc1ccc2c(c1)OCO2. The molecule has 2 atom stereocenters. The highest BCUT2D eigenvalue weighted by Crippen LogP contribution is 2.37. The van der Waals surface area contributed by atoms with Crippen LogP contribution in [0.2, 0.25) is 0 Å². The van der Waals surface area contributed by atoms with Crippen molar-refractivity contribution in [2.24, 2.45) is 5.92 Å². The summed E-state index contributed by atoms with van der Waals surface area (Å²) in [7, 11) is 0. The van der Waals surface area contributed by atoms with E-state index in [1.165, 1.54) is 0 Å². The summed E-state index contributed by atoms with van der Waals surface area (Å²) in [5.41, 5.74) is 2.10. The Morgan fingerprint density at radius 2 is 1.59 bits per heavy atom. The molecule has 3 aliphatic heterocycles. The van der Waals surface area contributed by atoms with Gasteiger partial charge >= 0.3 is 5.97 Å². The minimum absolute atomic E-state index is 0.183. The first-order valence-electron chi connectivity index (χ1n) is 8.56. The van der Waals surface area contributed by atoms with Gasteiger partial charge in [0.15, 0.2) is 23.0 Å². The van der Waals surface area contributed by atoms with E-state index in [2.05, 4.69) is 0 Å². The summed E-state index contributed by atoms with van der Waals surface area (Å²) in [6.07, 6.45) is 0.959. The molecular weight excluding hydrogens is 352 g/mol. The topological polar surface area (TPSA) is 83.5 Å². The Bertz CT molecular complexity index is 949. The van der Waals surface area contributed by atoms with Crippen molar-refractivity contribution in [1.82, 2.24) is 0 Å². The summed E-state index contributed by atoms with van der Waals surface area (Å²) < 4.78 is 26.4. The van der Waals surface area contributed by atoms with Gasteiger partial charge in [-0.25, -0.2) is 4.79 Å². The number of cyclic esters (lactones) is 1. The molecule has 7 nitrogen and oxygen atoms in total. The van der Waals surface area contributed by atoms with E-state index in [1.807, 2.05) is 24.3 Å². The second-order valence-corrected chi connectivity index (χ2v) is 6.51. The van der Waals surface area contributed by atoms with Crippen LogP contribution < -0.4 is 18.9 Å². The predicted octanol–water partition coefficient (Wildman–Crippen LogP) is 2.26. The van der Waals surface area contributed by atoms with Gasteiger partial charge in [-0.3, -0.25) is 0 Å². The van der Waals surface area contributed by atoms with Crippen LogP contribution in [0, 0.1) is 5.92 Å². The Labute approximate surface area is 154 Å². The summed E-state index contributed by atoms with van der Waals surface area (Å²) >= 11 is 0. The monoisotopic (exact) mass is 368 g/mol. The zero-order valence-electron chi connectivity index (χ0n) is 14.2. The largest absolute Gasteiger partial charge is 0.454 e. The van der Waals surface area contributed by atoms with Crippen molar-refractivity contribution < 1.29 is 33.6 Å². The van der Waals surface area contributed by atoms with Gasteiger partial charge in [0.05, 0.1) is 5.92 Å². The molecule has 5 rings (SSSR count). The molecule has 2 aromatic carbocycles. The lowest BCUT2D eigenvalue weighted by Crippen LogP contribution is -2.18. The zero-order valence-corrected chi connectivity index (χ0v) is 14.2. The Hall–Kier alpha value is -3.19. The minimum atomic E-state index is -1.19. The third kappa shape index (κ3) is 2.86. The van der Waals surface area contributed by atoms with Crippen LogP contribution in [0.1, 0.15) is 11.1 Å². The van der Waals surface area contributed by atoms with Gasteiger partial charge in [0.2, 0.25) is 19.9 Å². The third-order valence-corrected chi connectivity index (χ3v) is 4.82. The van der Waals surface area contributed by atoms with Gasteiger partial charge in [-0.2, -0.15) is 0 Å². The number of aliphatic hydroxyl groups is 1. The molecule has 3 aliphatic rings. The summed E-state index contributed by atoms with van der Waals surface area (Å²) in [6, 6.07) is 11.0. The molecule has 2 aromatic rings. The Morgan fingerprint density at radius 3 is 2.37 bits per heavy atom. The molecule has 0 aromatic heterocycles. The number of hydrogen-bond acceptors (Lipinski definition) is 7. The highest BCUT2D eigenvalue weighted by molar-refractivity contribution is 5.96. The molecule has 1 saturated heterocycles. The number of carbonyl (C=O) groups is 1. The highest BCUT2D eigenvalue weighted by Gasteiger charge is 2.39. The molecule has 0 unspecified atom stereocenters. The molecule has 0 aliphatic carbocycles. The maximum absolute atomic E-state index is 12.3. The van der Waals surface area contributed by atoms with Gasteiger partial charge in [-0.15, -0.1) is 0 Å². The molecule has 27 heavy (non-hydrogen) atoms. The van der Waals surface area contributed by atoms with Crippen LogP contribution >= 0.6 is 0 Å². The van der Waals surface area contributed by atoms with Gasteiger partial charge in [0.1, 0.15) is 0 Å². The molecule has 0 amide bonds. The van der Waals surface area contributed by atoms with Crippen LogP contribution in [0.4, 0.5) is 0 Å². The molecule has 0 bridgehead atoms. The van der Waals surface area contributed by atoms with Crippen LogP contribution in [0.5, 0.6) is 23.0 Å². The molecule has 3 heterocycles. The van der Waals surface area contributed by atoms with Gasteiger partial charge in [-0.05, 0) is 47.9 Å². The summed E-state index contributed by atoms with van der Waals surface area (Å²) in [6.45, 7) is 0.380. The zero-order chi connectivity index (χ0) is 18.4. The van der Waals surface area contributed by atoms with E-state index in [9.17, 15) is 9.90 Å². The van der Waals surface area contributed by atoms with E-state index in [4.69, 9.17) is 23.7 Å². The van der Waals surface area contributed by atoms with Crippen molar-refractivity contribution in [2.75, 3.05) is 13.6 Å². The van der Waals surface area contributed by atoms with Crippen molar-refractivity contribution in [2.45, 2.75) is 12.7 Å². The smallest absolute Gasteiger partial charge is 0.336 e. The molecule has 0 spiro atoms. The van der Waals surface area contributed by atoms with E-state index < -0.39 is 18.2 Å². The fourth-order valence-electron chi connectivity index (χ4n) is 3.45. The normalized spacial score (nSPS) is 23.7. The minimum Gasteiger partial charge on any atom is -0.454 e. The van der Waals surface area contributed by atoms with E-state index in [0.29, 0.717) is 35.0 Å². The van der Waals surface area contributed by atoms with Gasteiger partial charge in [-0.1, -0.05) is 12.1 Å². The van der Waals surface area contributed by atoms with Gasteiger partial charge < -0.3 is 28.8 Å². The van der Waals surface area contributed by atoms with E-state index in [1.54, 1.807) is 18.2 Å². The first-order valence-corrected chi connectivity index (χ1v) is 8.56. The van der Waals surface area contributed by atoms with Gasteiger partial charge in [0, 0.05) is 5.57 Å². The average Bonchev–Trinajstić information content (AvgIpc) is 3.36. The third-order valence-electron chi connectivity index (χ3n) is 4.82. The van der Waals surface area contributed by atoms with Gasteiger partial charge in [0.25, 0.3) is 0 Å². The highest BCUT2D eigenvalue weighted by atomic mass is 16.7. The molecule has 7 heteroatoms. The first kappa shape index (κ1) is 16.0. The second-order valence-electron chi connectivity index (χ2n) is 6.51. The standard InChI is InChI=1S/C20H16O7/c21-19-13(5-11-1-3-15-17(7-11)25-9-23-15)14(20(22)27-19)6-12-2-4-16-18(8-12)26-10-24-16/h1-5,7-8,14,20,22H,6,9-10H2/t14-,20-/m1/s1. The van der Waals surface area contributed by atoms with E-state index in [0.717, 1.165) is 11.1 Å². The molecule has 1 fully saturated rings. The van der Waals surface area contributed by atoms with E-state index >= 15 is 0 Å². The summed E-state index contributed by atoms with van der Waals surface area (Å²) in [5.74, 6) is 1.64. The number of esters is 1. The lowest BCUT2D eigenvalue weighted by molar-refractivity contribution is -0.155. The van der Waals surface area contributed by atoms with Crippen molar-refractivity contribution in [3.63, 3.8) is 0 Å². The quantitative estimate of drug-likeness (QED) is 0.657. The summed E-state index contributed by atoms with van der Waals surface area (Å²) in [4.78, 5) is 12.3. The number of hydrogen-bond donors (Lipinski definition) is 1. The number of benzene rings is 2. The Balaban J connectivity index is 1.44. The number of ether oxygens (including phenoxy) is 5. The Morgan fingerprint density at radius 1 is 0.926 bits per heavy atom. The number of carbonyl (C=O) groups excluding carboxylic acids is 1. The number of fused-ring (bicyclic) bond motifs is 2. The maximum Gasteiger partial charge on any atom is 0.336 e. The summed E-state index contributed by atoms with van der Waals surface area (Å²) in [5, 5.41) is 10.2. The number of rotatable bonds is 3. The lowest BCUT2D eigenvalue weighted by atomic mass is 9.91. The molecule has 138 valence electrons. The maximum atomic E-state index is 12.3. The fourth-order valence-corrected chi connectivity index (χ4v) is 3.45. The van der Waals surface area contributed by atoms with Crippen LogP contribution in [-0.2, 0) is 16.0 Å². The van der Waals surface area contributed by atoms with Crippen molar-refractivity contribution >= 4 is 12.0 Å². The van der Waals surface area contributed by atoms with Crippen LogP contribution in [0.25, 0.3) is 6.08 Å².